The van der Waals surface area contributed by atoms with Crippen molar-refractivity contribution >= 4 is 12.2 Å². The molecule has 8 heteroatoms. The summed E-state index contributed by atoms with van der Waals surface area (Å²) in [4.78, 5) is 23.6. The second-order valence-electron chi connectivity index (χ2n) is 13.5. The molecule has 2 amide bonds. The van der Waals surface area contributed by atoms with E-state index in [0.717, 1.165) is 75.5 Å². The van der Waals surface area contributed by atoms with Gasteiger partial charge in [-0.05, 0) is 131 Å². The van der Waals surface area contributed by atoms with Crippen LogP contribution in [0.15, 0.2) is 0 Å². The molecule has 2 aliphatic heterocycles. The third kappa shape index (κ3) is 7.74. The molecule has 4 aliphatic rings. The number of carbonyl (C=O) groups is 2. The number of carbonyl (C=O) groups excluding carboxylic acids is 2. The Labute approximate surface area is 206 Å². The van der Waals surface area contributed by atoms with Gasteiger partial charge in [0.15, 0.2) is 0 Å². The first-order chi connectivity index (χ1) is 15.5. The molecule has 4 rings (SSSR count). The third-order valence-corrected chi connectivity index (χ3v) is 7.42. The van der Waals surface area contributed by atoms with Crippen molar-refractivity contribution in [1.29, 1.82) is 0 Å². The number of hydrogen-bond donors (Lipinski definition) is 4. The third-order valence-electron chi connectivity index (χ3n) is 7.42. The summed E-state index contributed by atoms with van der Waals surface area (Å²) in [6, 6.07) is 0. The van der Waals surface area contributed by atoms with Crippen LogP contribution in [0.1, 0.15) is 81.1 Å². The molecule has 6 atom stereocenters. The number of rotatable bonds is 2. The van der Waals surface area contributed by atoms with Gasteiger partial charge in [0.25, 0.3) is 0 Å². The van der Waals surface area contributed by atoms with Crippen LogP contribution < -0.4 is 21.3 Å². The summed E-state index contributed by atoms with van der Waals surface area (Å²) in [6.07, 6.45) is 3.67. The average Bonchev–Trinajstić information content (AvgIpc) is 3.31. The zero-order valence-corrected chi connectivity index (χ0v) is 22.6. The van der Waals surface area contributed by atoms with E-state index in [0.29, 0.717) is 0 Å². The molecule has 0 aromatic carbocycles. The first-order valence-electron chi connectivity index (χ1n) is 13.0. The molecular weight excluding hydrogens is 432 g/mol. The standard InChI is InChI=1S/2C13H24N2O2/c2*1-12(2,3)17-11(16)15-13(4)5-9-7-14-8-10(9)6-13/h2*9-10,14H,5-8H2,1-4H3,(H,15,16)/t2*9-,10+,13?. The Morgan fingerprint density at radius 1 is 0.647 bits per heavy atom. The van der Waals surface area contributed by atoms with E-state index in [2.05, 4.69) is 35.1 Å². The van der Waals surface area contributed by atoms with Crippen molar-refractivity contribution in [1.82, 2.24) is 21.3 Å². The Balaban J connectivity index is 0.000000191. The van der Waals surface area contributed by atoms with Gasteiger partial charge in [-0.2, -0.15) is 0 Å². The highest BCUT2D eigenvalue weighted by Gasteiger charge is 2.46. The van der Waals surface area contributed by atoms with Gasteiger partial charge in [0, 0.05) is 11.1 Å². The van der Waals surface area contributed by atoms with Gasteiger partial charge in [-0.15, -0.1) is 0 Å². The van der Waals surface area contributed by atoms with Crippen molar-refractivity contribution in [3.8, 4) is 0 Å². The Morgan fingerprint density at radius 3 is 1.15 bits per heavy atom. The summed E-state index contributed by atoms with van der Waals surface area (Å²) < 4.78 is 10.6. The molecule has 0 aromatic heterocycles. The minimum Gasteiger partial charge on any atom is -0.444 e. The van der Waals surface area contributed by atoms with E-state index in [-0.39, 0.29) is 23.3 Å². The minimum absolute atomic E-state index is 0.0836. The van der Waals surface area contributed by atoms with E-state index in [4.69, 9.17) is 9.47 Å². The largest absolute Gasteiger partial charge is 0.444 e. The zero-order valence-electron chi connectivity index (χ0n) is 22.6. The van der Waals surface area contributed by atoms with Gasteiger partial charge in [-0.25, -0.2) is 9.59 Å². The van der Waals surface area contributed by atoms with Crippen molar-refractivity contribution in [3.05, 3.63) is 0 Å². The number of ether oxygens (including phenoxy) is 2. The van der Waals surface area contributed by atoms with Crippen LogP contribution in [-0.2, 0) is 9.47 Å². The highest BCUT2D eigenvalue weighted by molar-refractivity contribution is 5.69. The molecule has 0 bridgehead atoms. The molecule has 2 saturated carbocycles. The number of alkyl carbamates (subject to hydrolysis) is 2. The number of hydrogen-bond acceptors (Lipinski definition) is 6. The molecule has 8 nitrogen and oxygen atoms in total. The molecule has 0 spiro atoms. The lowest BCUT2D eigenvalue weighted by molar-refractivity contribution is 0.0449. The zero-order chi connectivity index (χ0) is 25.4. The van der Waals surface area contributed by atoms with Crippen LogP contribution in [0.5, 0.6) is 0 Å². The molecule has 2 saturated heterocycles. The van der Waals surface area contributed by atoms with Gasteiger partial charge in [0.2, 0.25) is 0 Å². The van der Waals surface area contributed by atoms with E-state index >= 15 is 0 Å². The lowest BCUT2D eigenvalue weighted by atomic mass is 9.98. The molecule has 196 valence electrons. The Kier molecular flexibility index (Phi) is 7.83. The van der Waals surface area contributed by atoms with E-state index in [9.17, 15) is 9.59 Å². The van der Waals surface area contributed by atoms with Crippen molar-refractivity contribution in [2.45, 2.75) is 103 Å². The van der Waals surface area contributed by atoms with Gasteiger partial charge in [-0.3, -0.25) is 0 Å². The number of fused-ring (bicyclic) bond motifs is 2. The Morgan fingerprint density at radius 2 is 0.912 bits per heavy atom. The van der Waals surface area contributed by atoms with Crippen LogP contribution in [0.4, 0.5) is 9.59 Å². The molecule has 2 aliphatic carbocycles. The van der Waals surface area contributed by atoms with E-state index in [1.165, 1.54) is 0 Å². The lowest BCUT2D eigenvalue weighted by Crippen LogP contribution is -2.47. The molecule has 0 aromatic rings. The smallest absolute Gasteiger partial charge is 0.408 e. The highest BCUT2D eigenvalue weighted by Crippen LogP contribution is 2.42. The van der Waals surface area contributed by atoms with Gasteiger partial charge in [-0.1, -0.05) is 0 Å². The Hall–Kier alpha value is -1.54. The lowest BCUT2D eigenvalue weighted by Gasteiger charge is -2.29. The minimum atomic E-state index is -0.420. The van der Waals surface area contributed by atoms with Crippen molar-refractivity contribution in [2.75, 3.05) is 26.2 Å². The summed E-state index contributed by atoms with van der Waals surface area (Å²) in [7, 11) is 0. The monoisotopic (exact) mass is 480 g/mol. The average molecular weight is 481 g/mol. The molecule has 0 radical (unpaired) electrons. The van der Waals surface area contributed by atoms with Crippen LogP contribution in [0.3, 0.4) is 0 Å². The summed E-state index contributed by atoms with van der Waals surface area (Å²) >= 11 is 0. The van der Waals surface area contributed by atoms with Gasteiger partial charge >= 0.3 is 12.2 Å². The SMILES string of the molecule is CC1(NC(=O)OC(C)(C)C)C[C@H]2CNC[C@H]2C1.CC1(NC(=O)OC(C)(C)C)C[C@H]2CNC[C@H]2C1. The van der Waals surface area contributed by atoms with Crippen LogP contribution in [0, 0.1) is 23.7 Å². The van der Waals surface area contributed by atoms with Crippen LogP contribution in [0.25, 0.3) is 0 Å². The number of amides is 2. The second-order valence-corrected chi connectivity index (χ2v) is 13.5. The molecular formula is C26H48N4O4. The molecule has 4 fully saturated rings. The molecule has 34 heavy (non-hydrogen) atoms. The first-order valence-corrected chi connectivity index (χ1v) is 13.0. The highest BCUT2D eigenvalue weighted by atomic mass is 16.6. The van der Waals surface area contributed by atoms with Crippen LogP contribution in [0.2, 0.25) is 0 Å². The van der Waals surface area contributed by atoms with Gasteiger partial charge in [0.05, 0.1) is 0 Å². The quantitative estimate of drug-likeness (QED) is 0.480. The number of nitrogens with one attached hydrogen (secondary N) is 4. The van der Waals surface area contributed by atoms with Crippen molar-refractivity contribution in [2.24, 2.45) is 23.7 Å². The fourth-order valence-corrected chi connectivity index (χ4v) is 6.32. The van der Waals surface area contributed by atoms with Gasteiger partial charge < -0.3 is 30.7 Å². The fourth-order valence-electron chi connectivity index (χ4n) is 6.32. The van der Waals surface area contributed by atoms with E-state index < -0.39 is 11.2 Å². The maximum absolute atomic E-state index is 11.8. The van der Waals surface area contributed by atoms with Crippen LogP contribution in [-0.4, -0.2) is 60.6 Å². The summed E-state index contributed by atoms with van der Waals surface area (Å²) in [5.41, 5.74) is -1.01. The molecule has 2 unspecified atom stereocenters. The second kappa shape index (κ2) is 9.84. The Bertz CT molecular complexity index is 656. The first kappa shape index (κ1) is 27.1. The predicted octanol–water partition coefficient (Wildman–Crippen LogP) is 3.80. The maximum atomic E-state index is 11.8. The van der Waals surface area contributed by atoms with E-state index in [1.807, 2.05) is 41.5 Å². The maximum Gasteiger partial charge on any atom is 0.408 e. The summed E-state index contributed by atoms with van der Waals surface area (Å²) in [5.74, 6) is 2.87. The normalized spacial score (nSPS) is 36.7. The molecule has 4 N–H and O–H groups in total. The van der Waals surface area contributed by atoms with Crippen molar-refractivity contribution in [3.63, 3.8) is 0 Å². The van der Waals surface area contributed by atoms with Gasteiger partial charge in [0.1, 0.15) is 11.2 Å². The summed E-state index contributed by atoms with van der Waals surface area (Å²) in [5, 5.41) is 12.9. The fraction of sp³-hybridized carbons (Fsp3) is 0.923. The topological polar surface area (TPSA) is 101 Å². The van der Waals surface area contributed by atoms with E-state index in [1.54, 1.807) is 0 Å². The van der Waals surface area contributed by atoms with Crippen LogP contribution >= 0.6 is 0 Å². The molecule has 2 heterocycles. The predicted molar refractivity (Wildman–Crippen MR) is 134 cm³/mol. The van der Waals surface area contributed by atoms with Crippen molar-refractivity contribution < 1.29 is 19.1 Å². The summed E-state index contributed by atoms with van der Waals surface area (Å²) in [6.45, 7) is 20.0.